The Morgan fingerprint density at radius 3 is 1.00 bits per heavy atom. The molecule has 0 aliphatic carbocycles. The van der Waals surface area contributed by atoms with Crippen molar-refractivity contribution in [2.24, 2.45) is 0 Å². The lowest BCUT2D eigenvalue weighted by Gasteiger charge is -2.23. The van der Waals surface area contributed by atoms with Gasteiger partial charge in [-0.3, -0.25) is 0 Å². The molecule has 0 aliphatic heterocycles. The molecular formula is C30H50N12. The van der Waals surface area contributed by atoms with E-state index in [9.17, 15) is 0 Å². The van der Waals surface area contributed by atoms with Crippen molar-refractivity contribution in [3.8, 4) is 0 Å². The van der Waals surface area contributed by atoms with Gasteiger partial charge in [0.1, 0.15) is 0 Å². The van der Waals surface area contributed by atoms with E-state index in [0.29, 0.717) is 48.8 Å². The second-order valence-corrected chi connectivity index (χ2v) is 9.73. The maximum atomic E-state index is 4.75. The molecule has 3 rings (SSSR count). The molecule has 0 bridgehead atoms. The summed E-state index contributed by atoms with van der Waals surface area (Å²) in [6.45, 7) is 24.8. The summed E-state index contributed by atoms with van der Waals surface area (Å²) in [5, 5.41) is 6.87. The van der Waals surface area contributed by atoms with Gasteiger partial charge in [-0.2, -0.15) is 29.9 Å². The highest BCUT2D eigenvalue weighted by atomic mass is 15.4. The Kier molecular flexibility index (Phi) is 12.8. The number of rotatable bonds is 18. The van der Waals surface area contributed by atoms with Crippen LogP contribution in [0.25, 0.3) is 0 Å². The molecule has 2 N–H and O–H groups in total. The van der Waals surface area contributed by atoms with Crippen molar-refractivity contribution in [1.82, 2.24) is 29.9 Å². The van der Waals surface area contributed by atoms with Gasteiger partial charge in [-0.15, -0.1) is 0 Å². The largest absolute Gasteiger partial charge is 0.350 e. The molecule has 0 spiro atoms. The van der Waals surface area contributed by atoms with Gasteiger partial charge in [0.15, 0.2) is 0 Å². The summed E-state index contributed by atoms with van der Waals surface area (Å²) >= 11 is 0. The summed E-state index contributed by atoms with van der Waals surface area (Å²) in [6, 6.07) is 8.46. The summed E-state index contributed by atoms with van der Waals surface area (Å²) in [5.41, 5.74) is 2.26. The minimum Gasteiger partial charge on any atom is -0.350 e. The Morgan fingerprint density at radius 1 is 0.452 bits per heavy atom. The van der Waals surface area contributed by atoms with Crippen molar-refractivity contribution >= 4 is 35.7 Å². The molecule has 1 aromatic carbocycles. The van der Waals surface area contributed by atoms with Crippen LogP contribution in [-0.4, -0.2) is 82.3 Å². The average Bonchev–Trinajstić information content (AvgIpc) is 3.02. The van der Waals surface area contributed by atoms with Gasteiger partial charge in [0.05, 0.1) is 0 Å². The fourth-order valence-electron chi connectivity index (χ4n) is 4.67. The molecule has 0 radical (unpaired) electrons. The van der Waals surface area contributed by atoms with Crippen LogP contribution in [0.2, 0.25) is 0 Å². The minimum atomic E-state index is 0.579. The van der Waals surface area contributed by atoms with Gasteiger partial charge in [0, 0.05) is 65.4 Å². The van der Waals surface area contributed by atoms with Gasteiger partial charge in [0.25, 0.3) is 0 Å². The Hall–Kier alpha value is -3.96. The second kappa shape index (κ2) is 16.5. The maximum Gasteiger partial charge on any atom is 0.231 e. The van der Waals surface area contributed by atoms with E-state index in [0.717, 1.165) is 63.5 Å². The molecule has 12 nitrogen and oxygen atoms in total. The van der Waals surface area contributed by atoms with Crippen molar-refractivity contribution in [2.75, 3.05) is 82.6 Å². The smallest absolute Gasteiger partial charge is 0.231 e. The third kappa shape index (κ3) is 8.53. The highest BCUT2D eigenvalue weighted by Crippen LogP contribution is 2.19. The molecular weight excluding hydrogens is 528 g/mol. The van der Waals surface area contributed by atoms with Crippen molar-refractivity contribution in [2.45, 2.75) is 68.5 Å². The average molecular weight is 579 g/mol. The van der Waals surface area contributed by atoms with Crippen LogP contribution in [0.3, 0.4) is 0 Å². The molecule has 0 saturated heterocycles. The van der Waals surface area contributed by atoms with E-state index in [2.05, 4.69) is 110 Å². The first-order valence-corrected chi connectivity index (χ1v) is 15.5. The predicted molar refractivity (Wildman–Crippen MR) is 175 cm³/mol. The highest BCUT2D eigenvalue weighted by Gasteiger charge is 2.16. The van der Waals surface area contributed by atoms with Gasteiger partial charge in [-0.1, -0.05) is 24.3 Å². The van der Waals surface area contributed by atoms with Gasteiger partial charge in [-0.25, -0.2) is 0 Å². The molecule has 12 heteroatoms. The second-order valence-electron chi connectivity index (χ2n) is 9.73. The lowest BCUT2D eigenvalue weighted by atomic mass is 10.1. The Bertz CT molecular complexity index is 1070. The number of aromatic nitrogens is 6. The fourth-order valence-corrected chi connectivity index (χ4v) is 4.67. The molecule has 3 aromatic rings. The summed E-state index contributed by atoms with van der Waals surface area (Å²) in [4.78, 5) is 37.0. The number of hydrogen-bond donors (Lipinski definition) is 2. The van der Waals surface area contributed by atoms with Crippen LogP contribution >= 0.6 is 0 Å². The maximum absolute atomic E-state index is 4.75. The molecule has 0 atom stereocenters. The van der Waals surface area contributed by atoms with Crippen LogP contribution in [0.1, 0.15) is 66.5 Å². The zero-order valence-corrected chi connectivity index (χ0v) is 26.9. The van der Waals surface area contributed by atoms with E-state index < -0.39 is 0 Å². The third-order valence-corrected chi connectivity index (χ3v) is 7.30. The summed E-state index contributed by atoms with van der Waals surface area (Å²) < 4.78 is 0. The van der Waals surface area contributed by atoms with Crippen molar-refractivity contribution in [3.63, 3.8) is 0 Å². The first-order chi connectivity index (χ1) is 20.4. The van der Waals surface area contributed by atoms with Crippen molar-refractivity contribution in [3.05, 3.63) is 35.4 Å². The zero-order valence-electron chi connectivity index (χ0n) is 26.9. The number of nitrogens with one attached hydrogen (secondary N) is 2. The van der Waals surface area contributed by atoms with Crippen LogP contribution in [0.4, 0.5) is 35.7 Å². The number of anilines is 6. The summed E-state index contributed by atoms with van der Waals surface area (Å²) in [7, 11) is 0. The van der Waals surface area contributed by atoms with Crippen LogP contribution in [0.5, 0.6) is 0 Å². The quantitative estimate of drug-likeness (QED) is 0.219. The van der Waals surface area contributed by atoms with Crippen LogP contribution in [0.15, 0.2) is 24.3 Å². The van der Waals surface area contributed by atoms with E-state index in [4.69, 9.17) is 29.9 Å². The lowest BCUT2D eigenvalue weighted by molar-refractivity contribution is 0.776. The number of benzene rings is 1. The molecule has 0 saturated carbocycles. The molecule has 2 heterocycles. The molecule has 0 amide bonds. The van der Waals surface area contributed by atoms with Crippen LogP contribution in [0, 0.1) is 0 Å². The van der Waals surface area contributed by atoms with Crippen LogP contribution in [-0.2, 0) is 13.1 Å². The van der Waals surface area contributed by atoms with Crippen LogP contribution < -0.4 is 30.2 Å². The third-order valence-electron chi connectivity index (χ3n) is 7.30. The SMILES string of the molecule is CCN(CC)c1nc(NCc2cccc(CNc3nc(N(CC)CC)nc(N(CC)CC)n3)c2)nc(N(CC)CC)n1. The molecule has 42 heavy (non-hydrogen) atoms. The normalized spacial score (nSPS) is 10.9. The van der Waals surface area contributed by atoms with E-state index in [1.807, 2.05) is 0 Å². The Morgan fingerprint density at radius 2 is 0.738 bits per heavy atom. The Labute approximate surface area is 252 Å². The van der Waals surface area contributed by atoms with E-state index in [1.165, 1.54) is 0 Å². The summed E-state index contributed by atoms with van der Waals surface area (Å²) in [5.74, 6) is 3.95. The van der Waals surface area contributed by atoms with Gasteiger partial charge < -0.3 is 30.2 Å². The molecule has 0 unspecified atom stereocenters. The zero-order chi connectivity index (χ0) is 30.5. The topological polar surface area (TPSA) is 114 Å². The van der Waals surface area contributed by atoms with Crippen molar-refractivity contribution < 1.29 is 0 Å². The lowest BCUT2D eigenvalue weighted by Crippen LogP contribution is -2.29. The molecule has 0 fully saturated rings. The Balaban J connectivity index is 1.77. The molecule has 0 aliphatic rings. The highest BCUT2D eigenvalue weighted by molar-refractivity contribution is 5.47. The van der Waals surface area contributed by atoms with E-state index >= 15 is 0 Å². The number of hydrogen-bond acceptors (Lipinski definition) is 12. The van der Waals surface area contributed by atoms with Gasteiger partial charge >= 0.3 is 0 Å². The standard InChI is InChI=1S/C30H50N12/c1-9-39(10-2)27-33-25(34-28(37-27)40(11-3)12-4)31-21-23-18-17-19-24(20-23)22-32-26-35-29(41(13-5)14-6)38-30(36-26)42(15-7)16-8/h17-20H,9-16,21-22H2,1-8H3,(H,31,33,34,37)(H,32,35,36,38). The molecule has 2 aromatic heterocycles. The number of nitrogens with zero attached hydrogens (tertiary/aromatic N) is 10. The minimum absolute atomic E-state index is 0.579. The van der Waals surface area contributed by atoms with E-state index in [-0.39, 0.29) is 0 Å². The van der Waals surface area contributed by atoms with Gasteiger partial charge in [-0.05, 0) is 66.5 Å². The molecule has 230 valence electrons. The monoisotopic (exact) mass is 578 g/mol. The predicted octanol–water partition coefficient (Wildman–Crippen LogP) is 4.67. The first kappa shape index (κ1) is 32.6. The van der Waals surface area contributed by atoms with Crippen molar-refractivity contribution in [1.29, 1.82) is 0 Å². The fraction of sp³-hybridized carbons (Fsp3) is 0.600. The van der Waals surface area contributed by atoms with Gasteiger partial charge in [0.2, 0.25) is 35.7 Å². The first-order valence-electron chi connectivity index (χ1n) is 15.5. The summed E-state index contributed by atoms with van der Waals surface area (Å²) in [6.07, 6.45) is 0. The van der Waals surface area contributed by atoms with E-state index in [1.54, 1.807) is 0 Å².